The molecule has 1 N–H and O–H groups in total. The highest BCUT2D eigenvalue weighted by molar-refractivity contribution is 8.07. The summed E-state index contributed by atoms with van der Waals surface area (Å²) in [4.78, 5) is 13.6. The molecule has 0 unspecified atom stereocenters. The van der Waals surface area contributed by atoms with Gasteiger partial charge in [0.25, 0.3) is 0 Å². The number of rotatable bonds is 8. The van der Waals surface area contributed by atoms with E-state index in [1.165, 1.54) is 36.0 Å². The Morgan fingerprint density at radius 3 is 2.42 bits per heavy atom. The average Bonchev–Trinajstić information content (AvgIpc) is 2.53. The highest BCUT2D eigenvalue weighted by Crippen LogP contribution is 2.31. The molecule has 0 aliphatic carbocycles. The Morgan fingerprint density at radius 2 is 1.88 bits per heavy atom. The van der Waals surface area contributed by atoms with E-state index in [-0.39, 0.29) is 18.1 Å². The number of nitrogens with one attached hydrogen (secondary N) is 1. The Balaban J connectivity index is 2.59. The molecule has 1 rings (SSSR count). The van der Waals surface area contributed by atoms with Crippen LogP contribution < -0.4 is 5.32 Å². The van der Waals surface area contributed by atoms with Gasteiger partial charge in [0.2, 0.25) is 5.91 Å². The van der Waals surface area contributed by atoms with E-state index < -0.39 is 0 Å². The van der Waals surface area contributed by atoms with Gasteiger partial charge in [-0.15, -0.1) is 0 Å². The fourth-order valence-corrected chi connectivity index (χ4v) is 2.50. The number of hydrogen-bond acceptors (Lipinski definition) is 2. The number of amides is 1. The van der Waals surface area contributed by atoms with Gasteiger partial charge in [-0.1, -0.05) is 55.3 Å². The predicted octanol–water partition coefficient (Wildman–Crippen LogP) is 6.17. The minimum atomic E-state index is -0.347. The lowest BCUT2D eigenvalue weighted by molar-refractivity contribution is -0.115. The number of benzene rings is 1. The van der Waals surface area contributed by atoms with Crippen LogP contribution in [-0.4, -0.2) is 5.91 Å². The highest BCUT2D eigenvalue weighted by atomic mass is 35.5. The quantitative estimate of drug-likeness (QED) is 0.559. The fourth-order valence-electron chi connectivity index (χ4n) is 1.60. The SMILES string of the molecule is C=C(Cl)/C=C\C(=C)C(=C)S/C(=C\C)CC(=O)Nc1ccc(F)cc1. The molecule has 1 amide bonds. The lowest BCUT2D eigenvalue weighted by atomic mass is 10.2. The van der Waals surface area contributed by atoms with E-state index in [1.807, 2.05) is 13.0 Å². The van der Waals surface area contributed by atoms with Gasteiger partial charge in [0.15, 0.2) is 0 Å². The maximum atomic E-state index is 12.9. The summed E-state index contributed by atoms with van der Waals surface area (Å²) < 4.78 is 12.9. The van der Waals surface area contributed by atoms with E-state index in [0.717, 1.165) is 4.91 Å². The van der Waals surface area contributed by atoms with Crippen LogP contribution in [0.5, 0.6) is 0 Å². The smallest absolute Gasteiger partial charge is 0.229 e. The summed E-state index contributed by atoms with van der Waals surface area (Å²) in [6.07, 6.45) is 5.39. The molecule has 0 bridgehead atoms. The van der Waals surface area contributed by atoms with Crippen molar-refractivity contribution in [2.45, 2.75) is 13.3 Å². The maximum absolute atomic E-state index is 12.9. The monoisotopic (exact) mass is 363 g/mol. The normalized spacial score (nSPS) is 11.4. The Bertz CT molecular complexity index is 705. The summed E-state index contributed by atoms with van der Waals surface area (Å²) in [7, 11) is 0. The molecule has 0 heterocycles. The molecule has 1 aromatic rings. The van der Waals surface area contributed by atoms with Crippen molar-refractivity contribution in [2.75, 3.05) is 5.32 Å². The van der Waals surface area contributed by atoms with E-state index in [9.17, 15) is 9.18 Å². The number of carbonyl (C=O) groups is 1. The lowest BCUT2D eigenvalue weighted by Gasteiger charge is -2.10. The molecular weight excluding hydrogens is 345 g/mol. The van der Waals surface area contributed by atoms with Gasteiger partial charge >= 0.3 is 0 Å². The molecule has 0 saturated carbocycles. The fraction of sp³-hybridized carbons (Fsp3) is 0.105. The molecule has 0 radical (unpaired) electrons. The molecule has 0 spiro atoms. The number of anilines is 1. The minimum Gasteiger partial charge on any atom is -0.326 e. The zero-order valence-electron chi connectivity index (χ0n) is 13.4. The van der Waals surface area contributed by atoms with E-state index >= 15 is 0 Å². The van der Waals surface area contributed by atoms with Crippen LogP contribution in [0.4, 0.5) is 10.1 Å². The first-order valence-corrected chi connectivity index (χ1v) is 8.30. The van der Waals surface area contributed by atoms with E-state index in [0.29, 0.717) is 21.2 Å². The largest absolute Gasteiger partial charge is 0.326 e. The van der Waals surface area contributed by atoms with Crippen molar-refractivity contribution < 1.29 is 9.18 Å². The first-order chi connectivity index (χ1) is 11.3. The summed E-state index contributed by atoms with van der Waals surface area (Å²) in [5.41, 5.74) is 1.24. The number of hydrogen-bond donors (Lipinski definition) is 1. The molecule has 2 nitrogen and oxygen atoms in total. The van der Waals surface area contributed by atoms with Crippen LogP contribution in [0, 0.1) is 5.82 Å². The zero-order valence-corrected chi connectivity index (χ0v) is 15.0. The molecule has 5 heteroatoms. The number of thioether (sulfide) groups is 1. The van der Waals surface area contributed by atoms with Crippen LogP contribution in [0.2, 0.25) is 0 Å². The molecular formula is C19H19ClFNOS. The standard InChI is InChI=1S/C19H19ClFNOS/c1-5-18(24-15(4)13(2)6-7-14(3)20)12-19(23)22-17-10-8-16(21)9-11-17/h5-11H,2-4,12H2,1H3,(H,22,23)/b7-6-,18-5-. The van der Waals surface area contributed by atoms with Crippen molar-refractivity contribution >= 4 is 35.0 Å². The maximum Gasteiger partial charge on any atom is 0.229 e. The van der Waals surface area contributed by atoms with Gasteiger partial charge in [0.1, 0.15) is 5.82 Å². The van der Waals surface area contributed by atoms with Gasteiger partial charge in [-0.05, 0) is 47.7 Å². The summed E-state index contributed by atoms with van der Waals surface area (Å²) in [6.45, 7) is 13.3. The second-order valence-electron chi connectivity index (χ2n) is 4.82. The number of carbonyl (C=O) groups excluding carboxylic acids is 1. The second-order valence-corrected chi connectivity index (χ2v) is 6.52. The third-order valence-electron chi connectivity index (χ3n) is 2.86. The molecule has 0 aliphatic heterocycles. The second kappa shape index (κ2) is 9.96. The Hall–Kier alpha value is -2.04. The first kappa shape index (κ1) is 20.0. The molecule has 0 aromatic heterocycles. The van der Waals surface area contributed by atoms with Gasteiger partial charge < -0.3 is 5.32 Å². The van der Waals surface area contributed by atoms with Crippen LogP contribution in [0.25, 0.3) is 0 Å². The first-order valence-electron chi connectivity index (χ1n) is 7.11. The van der Waals surface area contributed by atoms with Crippen LogP contribution in [0.3, 0.4) is 0 Å². The van der Waals surface area contributed by atoms with Gasteiger partial charge in [0.05, 0.1) is 6.42 Å². The van der Waals surface area contributed by atoms with Crippen LogP contribution in [-0.2, 0) is 4.79 Å². The van der Waals surface area contributed by atoms with Gasteiger partial charge in [-0.3, -0.25) is 4.79 Å². The van der Waals surface area contributed by atoms with Crippen LogP contribution in [0.15, 0.2) is 82.6 Å². The van der Waals surface area contributed by atoms with Gasteiger partial charge in [-0.2, -0.15) is 0 Å². The zero-order chi connectivity index (χ0) is 18.1. The van der Waals surface area contributed by atoms with Crippen molar-refractivity contribution in [2.24, 2.45) is 0 Å². The molecule has 0 fully saturated rings. The van der Waals surface area contributed by atoms with Gasteiger partial charge in [-0.25, -0.2) is 4.39 Å². The summed E-state index contributed by atoms with van der Waals surface area (Å²) >= 11 is 7.04. The number of allylic oxidation sites excluding steroid dienone is 5. The van der Waals surface area contributed by atoms with Crippen molar-refractivity contribution in [1.29, 1.82) is 0 Å². The summed E-state index contributed by atoms with van der Waals surface area (Å²) in [5.74, 6) is -0.537. The highest BCUT2D eigenvalue weighted by Gasteiger charge is 2.09. The third-order valence-corrected chi connectivity index (χ3v) is 4.14. The van der Waals surface area contributed by atoms with E-state index in [4.69, 9.17) is 11.6 Å². The molecule has 1 aromatic carbocycles. The van der Waals surface area contributed by atoms with Crippen molar-refractivity contribution in [1.82, 2.24) is 0 Å². The summed E-state index contributed by atoms with van der Waals surface area (Å²) in [5, 5.41) is 3.12. The molecule has 0 atom stereocenters. The predicted molar refractivity (Wildman–Crippen MR) is 103 cm³/mol. The van der Waals surface area contributed by atoms with Crippen molar-refractivity contribution in [3.63, 3.8) is 0 Å². The van der Waals surface area contributed by atoms with E-state index in [1.54, 1.807) is 12.2 Å². The van der Waals surface area contributed by atoms with Gasteiger partial charge in [0, 0.05) is 15.6 Å². The Kier molecular flexibility index (Phi) is 8.30. The number of halogens is 2. The topological polar surface area (TPSA) is 29.1 Å². The lowest BCUT2D eigenvalue weighted by Crippen LogP contribution is -2.11. The third kappa shape index (κ3) is 7.49. The Morgan fingerprint density at radius 1 is 1.25 bits per heavy atom. The van der Waals surface area contributed by atoms with Crippen molar-refractivity contribution in [3.05, 3.63) is 88.5 Å². The van der Waals surface area contributed by atoms with Crippen LogP contribution in [0.1, 0.15) is 13.3 Å². The molecule has 0 aliphatic rings. The average molecular weight is 364 g/mol. The van der Waals surface area contributed by atoms with Crippen LogP contribution >= 0.6 is 23.4 Å². The van der Waals surface area contributed by atoms with E-state index in [2.05, 4.69) is 25.1 Å². The molecule has 0 saturated heterocycles. The van der Waals surface area contributed by atoms with Crippen molar-refractivity contribution in [3.8, 4) is 0 Å². The minimum absolute atomic E-state index is 0.190. The molecule has 24 heavy (non-hydrogen) atoms. The summed E-state index contributed by atoms with van der Waals surface area (Å²) in [6, 6.07) is 5.62. The Labute approximate surface area is 151 Å². The molecule has 126 valence electrons.